The van der Waals surface area contributed by atoms with E-state index in [-0.39, 0.29) is 6.54 Å². The third kappa shape index (κ3) is 5.71. The number of alkyl halides is 3. The highest BCUT2D eigenvalue weighted by molar-refractivity contribution is 7.13. The molecule has 3 rings (SSSR count). The minimum absolute atomic E-state index is 0.0604. The van der Waals surface area contributed by atoms with Crippen molar-refractivity contribution < 1.29 is 27.9 Å². The van der Waals surface area contributed by atoms with Crippen LogP contribution in [0, 0.1) is 0 Å². The molecule has 1 heterocycles. The first kappa shape index (κ1) is 21.6. The maximum atomic E-state index is 12.7. The summed E-state index contributed by atoms with van der Waals surface area (Å²) in [5, 5.41) is 12.3. The standard InChI is InChI=1S/C20H18F3N3O3S/c21-20(22,23)15-6-4-14(5-7-15)18-25-16(12-30-18)8-9-29-17-3-1-2-13(10-17)11-26(28)19(24)27/h1-7,10,12,28H,8-9,11H2,(H2,24,27). The number of urea groups is 1. The van der Waals surface area contributed by atoms with E-state index >= 15 is 0 Å². The molecule has 0 fully saturated rings. The van der Waals surface area contributed by atoms with Crippen LogP contribution in [-0.4, -0.2) is 27.9 Å². The van der Waals surface area contributed by atoms with E-state index in [4.69, 9.17) is 10.5 Å². The highest BCUT2D eigenvalue weighted by Gasteiger charge is 2.30. The summed E-state index contributed by atoms with van der Waals surface area (Å²) >= 11 is 1.35. The molecular formula is C20H18F3N3O3S. The molecule has 30 heavy (non-hydrogen) atoms. The summed E-state index contributed by atoms with van der Waals surface area (Å²) in [5.74, 6) is 0.559. The van der Waals surface area contributed by atoms with Crippen molar-refractivity contribution in [1.82, 2.24) is 10.0 Å². The van der Waals surface area contributed by atoms with Crippen molar-refractivity contribution in [1.29, 1.82) is 0 Å². The highest BCUT2D eigenvalue weighted by atomic mass is 32.1. The van der Waals surface area contributed by atoms with E-state index in [1.54, 1.807) is 24.3 Å². The van der Waals surface area contributed by atoms with Gasteiger partial charge in [0.05, 0.1) is 24.4 Å². The van der Waals surface area contributed by atoms with Crippen molar-refractivity contribution in [3.63, 3.8) is 0 Å². The maximum Gasteiger partial charge on any atom is 0.416 e. The van der Waals surface area contributed by atoms with Gasteiger partial charge < -0.3 is 10.5 Å². The highest BCUT2D eigenvalue weighted by Crippen LogP contribution is 2.31. The van der Waals surface area contributed by atoms with Crippen LogP contribution in [0.5, 0.6) is 5.75 Å². The second kappa shape index (κ2) is 9.14. The average molecular weight is 437 g/mol. The molecule has 3 N–H and O–H groups in total. The molecule has 0 radical (unpaired) electrons. The first-order valence-electron chi connectivity index (χ1n) is 8.82. The van der Waals surface area contributed by atoms with E-state index < -0.39 is 17.8 Å². The third-order valence-corrected chi connectivity index (χ3v) is 5.06. The lowest BCUT2D eigenvalue weighted by atomic mass is 10.1. The number of ether oxygens (including phenoxy) is 1. The molecule has 0 saturated heterocycles. The van der Waals surface area contributed by atoms with Gasteiger partial charge in [-0.1, -0.05) is 24.3 Å². The van der Waals surface area contributed by atoms with Gasteiger partial charge in [-0.2, -0.15) is 13.2 Å². The van der Waals surface area contributed by atoms with E-state index in [1.807, 2.05) is 5.38 Å². The maximum absolute atomic E-state index is 12.7. The molecule has 0 spiro atoms. The Morgan fingerprint density at radius 1 is 1.20 bits per heavy atom. The summed E-state index contributed by atoms with van der Waals surface area (Å²) < 4.78 is 43.7. The quantitative estimate of drug-likeness (QED) is 0.414. The first-order chi connectivity index (χ1) is 14.2. The summed E-state index contributed by atoms with van der Waals surface area (Å²) in [6, 6.07) is 10.8. The Labute approximate surface area is 174 Å². The number of carbonyl (C=O) groups is 1. The number of nitrogens with two attached hydrogens (primary N) is 1. The molecule has 6 nitrogen and oxygen atoms in total. The van der Waals surface area contributed by atoms with Crippen LogP contribution in [0.2, 0.25) is 0 Å². The molecule has 10 heteroatoms. The van der Waals surface area contributed by atoms with Crippen molar-refractivity contribution in [2.24, 2.45) is 5.73 Å². The van der Waals surface area contributed by atoms with Crippen LogP contribution in [0.25, 0.3) is 10.6 Å². The molecule has 2 amide bonds. The van der Waals surface area contributed by atoms with E-state index in [9.17, 15) is 23.2 Å². The van der Waals surface area contributed by atoms with E-state index in [2.05, 4.69) is 4.98 Å². The topological polar surface area (TPSA) is 88.7 Å². The van der Waals surface area contributed by atoms with Crippen LogP contribution < -0.4 is 10.5 Å². The van der Waals surface area contributed by atoms with Gasteiger partial charge >= 0.3 is 12.2 Å². The Morgan fingerprint density at radius 3 is 2.60 bits per heavy atom. The second-order valence-corrected chi connectivity index (χ2v) is 7.22. The predicted molar refractivity (Wildman–Crippen MR) is 105 cm³/mol. The minimum atomic E-state index is -4.36. The molecule has 0 aliphatic heterocycles. The van der Waals surface area contributed by atoms with Crippen molar-refractivity contribution in [2.45, 2.75) is 19.1 Å². The van der Waals surface area contributed by atoms with Crippen LogP contribution in [0.3, 0.4) is 0 Å². The van der Waals surface area contributed by atoms with Crippen molar-refractivity contribution in [2.75, 3.05) is 6.61 Å². The first-order valence-corrected chi connectivity index (χ1v) is 9.70. The lowest BCUT2D eigenvalue weighted by molar-refractivity contribution is -0.137. The minimum Gasteiger partial charge on any atom is -0.493 e. The fourth-order valence-electron chi connectivity index (χ4n) is 2.61. The van der Waals surface area contributed by atoms with Gasteiger partial charge in [0.1, 0.15) is 10.8 Å². The summed E-state index contributed by atoms with van der Waals surface area (Å²) in [4.78, 5) is 15.3. The molecule has 0 atom stereocenters. The normalized spacial score (nSPS) is 11.3. The Morgan fingerprint density at radius 2 is 1.93 bits per heavy atom. The number of rotatable bonds is 7. The van der Waals surface area contributed by atoms with Gasteiger partial charge in [0.15, 0.2) is 0 Å². The Balaban J connectivity index is 1.55. The number of benzene rings is 2. The lowest BCUT2D eigenvalue weighted by Crippen LogP contribution is -2.31. The van der Waals surface area contributed by atoms with Gasteiger partial charge in [0, 0.05) is 17.4 Å². The molecule has 0 aliphatic rings. The lowest BCUT2D eigenvalue weighted by Gasteiger charge is -2.13. The fourth-order valence-corrected chi connectivity index (χ4v) is 3.47. The number of carbonyl (C=O) groups excluding carboxylic acids is 1. The molecule has 158 valence electrons. The Bertz CT molecular complexity index is 1010. The number of primary amides is 1. The smallest absolute Gasteiger partial charge is 0.416 e. The van der Waals surface area contributed by atoms with Crippen LogP contribution in [0.15, 0.2) is 53.9 Å². The number of hydrogen-bond donors (Lipinski definition) is 2. The van der Waals surface area contributed by atoms with Gasteiger partial charge in [0.2, 0.25) is 0 Å². The van der Waals surface area contributed by atoms with Gasteiger partial charge in [-0.15, -0.1) is 11.3 Å². The van der Waals surface area contributed by atoms with Crippen LogP contribution >= 0.6 is 11.3 Å². The number of hydroxylamine groups is 2. The molecule has 0 aliphatic carbocycles. The van der Waals surface area contributed by atoms with Crippen molar-refractivity contribution >= 4 is 17.4 Å². The average Bonchev–Trinajstić information content (AvgIpc) is 3.16. The third-order valence-electron chi connectivity index (χ3n) is 4.12. The van der Waals surface area contributed by atoms with E-state index in [0.717, 1.165) is 17.8 Å². The number of thiazole rings is 1. The Kier molecular flexibility index (Phi) is 6.58. The number of nitrogens with zero attached hydrogens (tertiary/aromatic N) is 2. The van der Waals surface area contributed by atoms with Gasteiger partial charge in [0.25, 0.3) is 0 Å². The zero-order valence-electron chi connectivity index (χ0n) is 15.6. The van der Waals surface area contributed by atoms with Gasteiger partial charge in [-0.25, -0.2) is 14.8 Å². The molecular weight excluding hydrogens is 419 g/mol. The van der Waals surface area contributed by atoms with Crippen LogP contribution in [0.1, 0.15) is 16.8 Å². The molecule has 3 aromatic rings. The van der Waals surface area contributed by atoms with Crippen molar-refractivity contribution in [3.8, 4) is 16.3 Å². The van der Waals surface area contributed by atoms with E-state index in [1.165, 1.54) is 23.5 Å². The number of amides is 2. The largest absolute Gasteiger partial charge is 0.493 e. The zero-order chi connectivity index (χ0) is 21.7. The van der Waals surface area contributed by atoms with E-state index in [0.29, 0.717) is 40.0 Å². The SMILES string of the molecule is NC(=O)N(O)Cc1cccc(OCCc2csc(-c3ccc(C(F)(F)F)cc3)n2)c1. The zero-order valence-corrected chi connectivity index (χ0v) is 16.4. The molecule has 0 bridgehead atoms. The monoisotopic (exact) mass is 437 g/mol. The molecule has 0 unspecified atom stereocenters. The second-order valence-electron chi connectivity index (χ2n) is 6.36. The Hall–Kier alpha value is -3.11. The van der Waals surface area contributed by atoms with Crippen LogP contribution in [0.4, 0.5) is 18.0 Å². The predicted octanol–water partition coefficient (Wildman–Crippen LogP) is 4.72. The summed E-state index contributed by atoms with van der Waals surface area (Å²) in [6.45, 7) is 0.271. The summed E-state index contributed by atoms with van der Waals surface area (Å²) in [7, 11) is 0. The van der Waals surface area contributed by atoms with Crippen molar-refractivity contribution in [3.05, 3.63) is 70.7 Å². The molecule has 2 aromatic carbocycles. The fraction of sp³-hybridized carbons (Fsp3) is 0.200. The summed E-state index contributed by atoms with van der Waals surface area (Å²) in [6.07, 6.45) is -3.86. The molecule has 1 aromatic heterocycles. The number of aromatic nitrogens is 1. The van der Waals surface area contributed by atoms with Gasteiger partial charge in [-0.3, -0.25) is 5.21 Å². The van der Waals surface area contributed by atoms with Crippen LogP contribution in [-0.2, 0) is 19.1 Å². The number of halogens is 3. The van der Waals surface area contributed by atoms with Gasteiger partial charge in [-0.05, 0) is 29.8 Å². The number of hydrogen-bond acceptors (Lipinski definition) is 5. The summed E-state index contributed by atoms with van der Waals surface area (Å²) in [5.41, 5.74) is 6.32. The molecule has 0 saturated carbocycles.